The predicted molar refractivity (Wildman–Crippen MR) is 173 cm³/mol. The first-order chi connectivity index (χ1) is 18.0. The zero-order valence-corrected chi connectivity index (χ0v) is 30.0. The Morgan fingerprint density at radius 2 is 1.67 bits per heavy atom. The van der Waals surface area contributed by atoms with Crippen LogP contribution in [-0.2, 0) is 22.9 Å². The summed E-state index contributed by atoms with van der Waals surface area (Å²) in [6.07, 6.45) is 17.9. The molecule has 0 bridgehead atoms. The van der Waals surface area contributed by atoms with Crippen molar-refractivity contribution in [1.29, 1.82) is 0 Å². The molecule has 1 aliphatic carbocycles. The molecule has 1 fully saturated rings. The fourth-order valence-corrected chi connectivity index (χ4v) is 7.97. The van der Waals surface area contributed by atoms with Crippen LogP contribution in [0.3, 0.4) is 0 Å². The number of hydrogen-bond donors (Lipinski definition) is 0. The van der Waals surface area contributed by atoms with E-state index >= 15 is 0 Å². The quantitative estimate of drug-likeness (QED) is 0.0684. The standard InChI is InChI=1S/C30H59NO5Si3/c1-12-13-16-19-25(34-37(3,4)5)22-23-27-26(28(31-33-2)24-29(27)35-38(6,7)8)20-17-14-15-18-21-30(32)36-39(9,10)11/h14,17,22-23,25-27,29H,12-13,15-16,18-21,24H2,1-11H3/b17-14+,23-22+,31-28-/t25-,26+,27+,29+/m0/s1. The molecular weight excluding hydrogens is 539 g/mol. The lowest BCUT2D eigenvalue weighted by Crippen LogP contribution is -2.35. The first-order valence-electron chi connectivity index (χ1n) is 15.1. The van der Waals surface area contributed by atoms with E-state index in [0.29, 0.717) is 6.42 Å². The largest absolute Gasteiger partial charge is 0.520 e. The fraction of sp³-hybridized carbons (Fsp3) is 0.800. The van der Waals surface area contributed by atoms with Crippen molar-refractivity contribution in [3.8, 4) is 0 Å². The second-order valence-corrected chi connectivity index (χ2v) is 27.1. The van der Waals surface area contributed by atoms with Crippen LogP contribution in [0.4, 0.5) is 0 Å². The molecule has 1 rings (SSSR count). The normalized spacial score (nSPS) is 22.7. The molecule has 0 aliphatic heterocycles. The predicted octanol–water partition coefficient (Wildman–Crippen LogP) is 8.70. The van der Waals surface area contributed by atoms with E-state index < -0.39 is 25.0 Å². The summed E-state index contributed by atoms with van der Waals surface area (Å²) in [7, 11) is -3.62. The summed E-state index contributed by atoms with van der Waals surface area (Å²) in [4.78, 5) is 17.3. The second-order valence-electron chi connectivity index (χ2n) is 13.8. The van der Waals surface area contributed by atoms with Crippen molar-refractivity contribution in [3.63, 3.8) is 0 Å². The summed E-state index contributed by atoms with van der Waals surface area (Å²) in [6, 6.07) is 0. The Morgan fingerprint density at radius 3 is 2.23 bits per heavy atom. The van der Waals surface area contributed by atoms with Gasteiger partial charge in [-0.1, -0.05) is 55.6 Å². The molecule has 0 heterocycles. The van der Waals surface area contributed by atoms with Crippen LogP contribution in [0.25, 0.3) is 0 Å². The van der Waals surface area contributed by atoms with E-state index in [1.807, 2.05) is 19.6 Å². The van der Waals surface area contributed by atoms with Gasteiger partial charge >= 0.3 is 0 Å². The van der Waals surface area contributed by atoms with Crippen LogP contribution >= 0.6 is 0 Å². The highest BCUT2D eigenvalue weighted by Gasteiger charge is 2.42. The minimum atomic E-state index is -1.81. The van der Waals surface area contributed by atoms with E-state index in [-0.39, 0.29) is 30.0 Å². The Balaban J connectivity index is 3.03. The molecule has 0 amide bonds. The van der Waals surface area contributed by atoms with Gasteiger partial charge in [0.2, 0.25) is 8.32 Å². The zero-order valence-electron chi connectivity index (χ0n) is 27.0. The van der Waals surface area contributed by atoms with Gasteiger partial charge in [-0.3, -0.25) is 4.79 Å². The Kier molecular flexibility index (Phi) is 15.8. The number of oxime groups is 1. The molecule has 6 nitrogen and oxygen atoms in total. The Morgan fingerprint density at radius 1 is 0.974 bits per heavy atom. The van der Waals surface area contributed by atoms with Gasteiger partial charge in [0.15, 0.2) is 16.6 Å². The summed E-state index contributed by atoms with van der Waals surface area (Å²) in [6.45, 7) is 21.9. The molecule has 0 saturated heterocycles. The number of nitrogens with zero attached hydrogens (tertiary/aromatic N) is 1. The first kappa shape index (κ1) is 36.0. The van der Waals surface area contributed by atoms with Gasteiger partial charge in [0, 0.05) is 24.7 Å². The molecule has 0 aromatic rings. The van der Waals surface area contributed by atoms with Crippen LogP contribution in [-0.4, -0.2) is 56.0 Å². The maximum atomic E-state index is 12.0. The van der Waals surface area contributed by atoms with Gasteiger partial charge in [0.1, 0.15) is 7.11 Å². The molecule has 4 atom stereocenters. The van der Waals surface area contributed by atoms with E-state index in [1.165, 1.54) is 19.3 Å². The van der Waals surface area contributed by atoms with E-state index in [1.54, 1.807) is 7.11 Å². The third-order valence-corrected chi connectivity index (χ3v) is 9.18. The van der Waals surface area contributed by atoms with Gasteiger partial charge in [0.05, 0.1) is 17.9 Å². The zero-order chi connectivity index (χ0) is 29.7. The number of rotatable bonds is 18. The SMILES string of the molecule is CCCCC[C@@H](/C=C/[C@H]1[C@H](O[Si](C)(C)C)C/C(=N/OC)[C@@H]1C/C=C/CCCC(=O)O[Si](C)(C)C)O[Si](C)(C)C. The molecule has 39 heavy (non-hydrogen) atoms. The maximum absolute atomic E-state index is 12.0. The molecule has 1 saturated carbocycles. The lowest BCUT2D eigenvalue weighted by molar-refractivity contribution is -0.135. The summed E-state index contributed by atoms with van der Waals surface area (Å²) < 4.78 is 18.8. The van der Waals surface area contributed by atoms with Crippen molar-refractivity contribution in [2.24, 2.45) is 17.0 Å². The van der Waals surface area contributed by atoms with E-state index in [0.717, 1.165) is 37.8 Å². The van der Waals surface area contributed by atoms with Crippen LogP contribution in [0, 0.1) is 11.8 Å². The van der Waals surface area contributed by atoms with Gasteiger partial charge in [-0.2, -0.15) is 0 Å². The average Bonchev–Trinajstić information content (AvgIpc) is 3.06. The highest BCUT2D eigenvalue weighted by Crippen LogP contribution is 2.38. The van der Waals surface area contributed by atoms with Crippen molar-refractivity contribution < 1.29 is 22.9 Å². The molecule has 0 N–H and O–H groups in total. The summed E-state index contributed by atoms with van der Waals surface area (Å²) in [5.41, 5.74) is 1.08. The van der Waals surface area contributed by atoms with E-state index in [4.69, 9.17) is 18.1 Å². The topological polar surface area (TPSA) is 66.4 Å². The van der Waals surface area contributed by atoms with Crippen molar-refractivity contribution in [3.05, 3.63) is 24.3 Å². The fourth-order valence-electron chi connectivity index (χ4n) is 4.94. The van der Waals surface area contributed by atoms with Gasteiger partial charge in [0.25, 0.3) is 5.97 Å². The maximum Gasteiger partial charge on any atom is 0.292 e. The minimum Gasteiger partial charge on any atom is -0.520 e. The molecule has 0 aromatic carbocycles. The number of allylic oxidation sites excluding steroid dienone is 2. The Hall–Kier alpha value is -1.01. The summed E-state index contributed by atoms with van der Waals surface area (Å²) in [5.74, 6) is 0.373. The first-order valence-corrected chi connectivity index (χ1v) is 25.3. The third-order valence-electron chi connectivity index (χ3n) is 6.32. The van der Waals surface area contributed by atoms with Crippen LogP contribution < -0.4 is 0 Å². The van der Waals surface area contributed by atoms with Crippen molar-refractivity contribution in [2.75, 3.05) is 7.11 Å². The smallest absolute Gasteiger partial charge is 0.292 e. The highest BCUT2D eigenvalue weighted by atomic mass is 28.4. The van der Waals surface area contributed by atoms with E-state index in [2.05, 4.69) is 75.7 Å². The second kappa shape index (κ2) is 17.1. The molecule has 9 heteroatoms. The molecule has 0 radical (unpaired) electrons. The van der Waals surface area contributed by atoms with Gasteiger partial charge in [-0.25, -0.2) is 0 Å². The molecule has 1 aliphatic rings. The Bertz CT molecular complexity index is 809. The molecule has 0 spiro atoms. The monoisotopic (exact) mass is 597 g/mol. The van der Waals surface area contributed by atoms with Gasteiger partial charge < -0.3 is 18.1 Å². The van der Waals surface area contributed by atoms with Crippen LogP contribution in [0.2, 0.25) is 58.9 Å². The Labute approximate surface area is 243 Å². The molecule has 226 valence electrons. The number of carbonyl (C=O) groups is 1. The lowest BCUT2D eigenvalue weighted by atomic mass is 9.89. The molecular formula is C30H59NO5Si3. The molecule has 0 aromatic heterocycles. The van der Waals surface area contributed by atoms with Crippen molar-refractivity contribution >= 4 is 36.6 Å². The van der Waals surface area contributed by atoms with Gasteiger partial charge in [-0.15, -0.1) is 0 Å². The van der Waals surface area contributed by atoms with Crippen LogP contribution in [0.5, 0.6) is 0 Å². The van der Waals surface area contributed by atoms with Gasteiger partial charge in [-0.05, 0) is 84.6 Å². The summed E-state index contributed by atoms with van der Waals surface area (Å²) >= 11 is 0. The molecule has 0 unspecified atom stereocenters. The van der Waals surface area contributed by atoms with Crippen LogP contribution in [0.1, 0.15) is 64.7 Å². The number of hydrogen-bond acceptors (Lipinski definition) is 6. The van der Waals surface area contributed by atoms with Crippen molar-refractivity contribution in [2.45, 2.75) is 136 Å². The highest BCUT2D eigenvalue weighted by molar-refractivity contribution is 6.71. The third kappa shape index (κ3) is 16.8. The van der Waals surface area contributed by atoms with Crippen LogP contribution in [0.15, 0.2) is 29.5 Å². The number of unbranched alkanes of at least 4 members (excludes halogenated alkanes) is 3. The minimum absolute atomic E-state index is 0.0709. The lowest BCUT2D eigenvalue weighted by Gasteiger charge is -2.29. The van der Waals surface area contributed by atoms with Crippen molar-refractivity contribution in [1.82, 2.24) is 0 Å². The van der Waals surface area contributed by atoms with E-state index in [9.17, 15) is 4.79 Å². The average molecular weight is 598 g/mol. The number of carbonyl (C=O) groups excluding carboxylic acids is 1. The summed E-state index contributed by atoms with van der Waals surface area (Å²) in [5, 5.41) is 4.46.